The second-order valence-corrected chi connectivity index (χ2v) is 5.57. The van der Waals surface area contributed by atoms with E-state index >= 15 is 0 Å². The van der Waals surface area contributed by atoms with Crippen molar-refractivity contribution in [3.63, 3.8) is 0 Å². The maximum absolute atomic E-state index is 12.4. The highest BCUT2D eigenvalue weighted by Gasteiger charge is 2.21. The maximum Gasteiger partial charge on any atom is 0.387 e. The predicted molar refractivity (Wildman–Crippen MR) is 91.8 cm³/mol. The van der Waals surface area contributed by atoms with Gasteiger partial charge in [0.1, 0.15) is 5.75 Å². The molecule has 0 fully saturated rings. The van der Waals surface area contributed by atoms with Crippen molar-refractivity contribution < 1.29 is 27.8 Å². The number of benzene rings is 2. The molecule has 0 N–H and O–H groups in total. The van der Waals surface area contributed by atoms with Crippen LogP contribution in [0, 0.1) is 0 Å². The fourth-order valence-corrected chi connectivity index (χ4v) is 2.41. The molecule has 27 heavy (non-hydrogen) atoms. The molecule has 138 valence electrons. The number of rotatable bonds is 6. The van der Waals surface area contributed by atoms with Gasteiger partial charge < -0.3 is 9.47 Å². The summed E-state index contributed by atoms with van der Waals surface area (Å²) in [5, 5.41) is 0. The highest BCUT2D eigenvalue weighted by Crippen LogP contribution is 2.18. The van der Waals surface area contributed by atoms with Gasteiger partial charge in [-0.3, -0.25) is 14.8 Å². The van der Waals surface area contributed by atoms with E-state index in [1.165, 1.54) is 49.5 Å². The van der Waals surface area contributed by atoms with Crippen LogP contribution in [0.1, 0.15) is 27.6 Å². The van der Waals surface area contributed by atoms with Crippen LogP contribution in [-0.2, 0) is 4.74 Å². The fraction of sp³-hybridized carbons (Fsp3) is 0.158. The first kappa shape index (κ1) is 18.4. The Balaban J connectivity index is 1.68. The molecule has 0 saturated carbocycles. The first-order valence-corrected chi connectivity index (χ1v) is 7.95. The highest BCUT2D eigenvalue weighted by atomic mass is 19.3. The molecule has 1 atom stereocenters. The van der Waals surface area contributed by atoms with E-state index in [0.29, 0.717) is 11.0 Å². The van der Waals surface area contributed by atoms with Gasteiger partial charge in [0, 0.05) is 18.0 Å². The first-order valence-electron chi connectivity index (χ1n) is 7.95. The number of Topliss-reactive ketones (excluding diaryl/α,β-unsaturated/α-hetero) is 1. The Hall–Kier alpha value is -3.42. The summed E-state index contributed by atoms with van der Waals surface area (Å²) in [6.45, 7) is -1.51. The number of aromatic nitrogens is 2. The zero-order valence-electron chi connectivity index (χ0n) is 14.1. The van der Waals surface area contributed by atoms with E-state index in [4.69, 9.17) is 4.74 Å². The number of halogens is 2. The minimum atomic E-state index is -2.95. The number of carbonyl (C=O) groups excluding carboxylic acids is 2. The first-order chi connectivity index (χ1) is 12.9. The quantitative estimate of drug-likeness (QED) is 0.485. The summed E-state index contributed by atoms with van der Waals surface area (Å²) >= 11 is 0. The number of esters is 1. The Morgan fingerprint density at radius 3 is 2.22 bits per heavy atom. The average Bonchev–Trinajstić information content (AvgIpc) is 2.67. The molecular formula is C19H14F2N2O4. The highest BCUT2D eigenvalue weighted by molar-refractivity contribution is 6.02. The van der Waals surface area contributed by atoms with Crippen LogP contribution < -0.4 is 4.74 Å². The number of ether oxygens (including phenoxy) is 2. The van der Waals surface area contributed by atoms with Crippen molar-refractivity contribution in [2.45, 2.75) is 19.6 Å². The van der Waals surface area contributed by atoms with Gasteiger partial charge in [0.25, 0.3) is 0 Å². The standard InChI is InChI=1S/C19H14F2N2O4/c1-11(17(24)12-2-5-14(6-3-12)27-19(20)21)26-18(25)13-4-7-15-16(10-13)23-9-8-22-15/h2-11,19H,1H3/t11-/m1/s1. The predicted octanol–water partition coefficient (Wildman–Crippen LogP) is 3.66. The molecule has 0 aliphatic heterocycles. The molecule has 0 bridgehead atoms. The zero-order valence-corrected chi connectivity index (χ0v) is 14.1. The number of hydrogen-bond acceptors (Lipinski definition) is 6. The third-order valence-electron chi connectivity index (χ3n) is 3.72. The molecule has 1 heterocycles. The lowest BCUT2D eigenvalue weighted by Gasteiger charge is -2.13. The molecule has 3 aromatic rings. The van der Waals surface area contributed by atoms with Gasteiger partial charge in [-0.2, -0.15) is 8.78 Å². The van der Waals surface area contributed by atoms with Crippen LogP contribution in [0.25, 0.3) is 11.0 Å². The van der Waals surface area contributed by atoms with E-state index in [2.05, 4.69) is 14.7 Å². The van der Waals surface area contributed by atoms with Gasteiger partial charge in [0.05, 0.1) is 16.6 Å². The average molecular weight is 372 g/mol. The van der Waals surface area contributed by atoms with Crippen LogP contribution in [0.5, 0.6) is 5.75 Å². The zero-order chi connectivity index (χ0) is 19.4. The lowest BCUT2D eigenvalue weighted by Crippen LogP contribution is -2.24. The summed E-state index contributed by atoms with van der Waals surface area (Å²) in [6.07, 6.45) is 1.99. The van der Waals surface area contributed by atoms with Crippen molar-refractivity contribution in [2.24, 2.45) is 0 Å². The molecule has 0 saturated heterocycles. The second-order valence-electron chi connectivity index (χ2n) is 5.57. The van der Waals surface area contributed by atoms with Crippen LogP contribution >= 0.6 is 0 Å². The molecule has 3 rings (SSSR count). The van der Waals surface area contributed by atoms with Gasteiger partial charge in [-0.05, 0) is 49.4 Å². The molecule has 0 aliphatic rings. The van der Waals surface area contributed by atoms with Gasteiger partial charge in [-0.1, -0.05) is 0 Å². The minimum Gasteiger partial charge on any atom is -0.451 e. The number of alkyl halides is 2. The normalized spacial score (nSPS) is 12.0. The number of ketones is 1. The van der Waals surface area contributed by atoms with Crippen LogP contribution in [0.2, 0.25) is 0 Å². The van der Waals surface area contributed by atoms with Gasteiger partial charge in [0.15, 0.2) is 6.10 Å². The Labute approximate surface area is 152 Å². The molecule has 0 spiro atoms. The summed E-state index contributed by atoms with van der Waals surface area (Å²) in [5.41, 5.74) is 1.61. The van der Waals surface area contributed by atoms with Crippen LogP contribution in [-0.4, -0.2) is 34.4 Å². The van der Waals surface area contributed by atoms with Gasteiger partial charge >= 0.3 is 12.6 Å². The van der Waals surface area contributed by atoms with Crippen molar-refractivity contribution in [3.8, 4) is 5.75 Å². The summed E-state index contributed by atoms with van der Waals surface area (Å²) in [6, 6.07) is 9.84. The smallest absolute Gasteiger partial charge is 0.387 e. The van der Waals surface area contributed by atoms with Gasteiger partial charge in [-0.25, -0.2) is 4.79 Å². The fourth-order valence-electron chi connectivity index (χ4n) is 2.41. The molecule has 0 amide bonds. The van der Waals surface area contributed by atoms with Gasteiger partial charge in [0.2, 0.25) is 5.78 Å². The molecule has 2 aromatic carbocycles. The number of nitrogens with zero attached hydrogens (tertiary/aromatic N) is 2. The van der Waals surface area contributed by atoms with Crippen LogP contribution in [0.15, 0.2) is 54.9 Å². The van der Waals surface area contributed by atoms with Crippen LogP contribution in [0.3, 0.4) is 0 Å². The van der Waals surface area contributed by atoms with E-state index in [9.17, 15) is 18.4 Å². The van der Waals surface area contributed by atoms with E-state index in [1.54, 1.807) is 12.3 Å². The van der Waals surface area contributed by atoms with Crippen molar-refractivity contribution >= 4 is 22.8 Å². The van der Waals surface area contributed by atoms with Crippen LogP contribution in [0.4, 0.5) is 8.78 Å². The molecular weight excluding hydrogens is 358 g/mol. The largest absolute Gasteiger partial charge is 0.451 e. The van der Waals surface area contributed by atoms with E-state index in [0.717, 1.165) is 0 Å². The van der Waals surface area contributed by atoms with E-state index < -0.39 is 24.5 Å². The minimum absolute atomic E-state index is 0.0662. The number of hydrogen-bond donors (Lipinski definition) is 0. The van der Waals surface area contributed by atoms with E-state index in [1.807, 2.05) is 0 Å². The SMILES string of the molecule is C[C@@H](OC(=O)c1ccc2nccnc2c1)C(=O)c1ccc(OC(F)F)cc1. The second kappa shape index (κ2) is 7.86. The third kappa shape index (κ3) is 4.41. The Morgan fingerprint density at radius 1 is 0.926 bits per heavy atom. The molecule has 0 radical (unpaired) electrons. The number of carbonyl (C=O) groups is 2. The lowest BCUT2D eigenvalue weighted by atomic mass is 10.1. The molecule has 0 unspecified atom stereocenters. The lowest BCUT2D eigenvalue weighted by molar-refractivity contribution is -0.0498. The van der Waals surface area contributed by atoms with Crippen molar-refractivity contribution in [1.82, 2.24) is 9.97 Å². The summed E-state index contributed by atoms with van der Waals surface area (Å²) in [7, 11) is 0. The van der Waals surface area contributed by atoms with Crippen molar-refractivity contribution in [3.05, 3.63) is 66.0 Å². The Morgan fingerprint density at radius 2 is 1.56 bits per heavy atom. The Bertz CT molecular complexity index is 977. The third-order valence-corrected chi connectivity index (χ3v) is 3.72. The summed E-state index contributed by atoms with van der Waals surface area (Å²) in [5.74, 6) is -1.21. The molecule has 8 heteroatoms. The van der Waals surface area contributed by atoms with E-state index in [-0.39, 0.29) is 16.9 Å². The topological polar surface area (TPSA) is 78.4 Å². The molecule has 6 nitrogen and oxygen atoms in total. The monoisotopic (exact) mass is 372 g/mol. The Kier molecular flexibility index (Phi) is 5.35. The van der Waals surface area contributed by atoms with Crippen molar-refractivity contribution in [1.29, 1.82) is 0 Å². The summed E-state index contributed by atoms with van der Waals surface area (Å²) < 4.78 is 33.7. The summed E-state index contributed by atoms with van der Waals surface area (Å²) in [4.78, 5) is 32.9. The van der Waals surface area contributed by atoms with Gasteiger partial charge in [-0.15, -0.1) is 0 Å². The molecule has 1 aromatic heterocycles. The maximum atomic E-state index is 12.4. The number of fused-ring (bicyclic) bond motifs is 1. The molecule has 0 aliphatic carbocycles. The van der Waals surface area contributed by atoms with Crippen molar-refractivity contribution in [2.75, 3.05) is 0 Å².